The first-order valence-electron chi connectivity index (χ1n) is 6.53. The molecule has 0 aromatic carbocycles. The van der Waals surface area contributed by atoms with Crippen LogP contribution in [0.2, 0.25) is 0 Å². The van der Waals surface area contributed by atoms with Gasteiger partial charge in [-0.1, -0.05) is 18.1 Å². The first-order chi connectivity index (χ1) is 9.54. The molecule has 1 amide bonds. The van der Waals surface area contributed by atoms with Gasteiger partial charge in [0.2, 0.25) is 0 Å². The van der Waals surface area contributed by atoms with Crippen molar-refractivity contribution >= 4 is 6.09 Å². The molecule has 0 heterocycles. The molecule has 1 radical (unpaired) electrons. The van der Waals surface area contributed by atoms with E-state index in [2.05, 4.69) is 12.5 Å². The monoisotopic (exact) mass is 272 g/mol. The number of rotatable bonds is 3. The van der Waals surface area contributed by atoms with Crippen LogP contribution in [-0.2, 0) is 4.74 Å². The fourth-order valence-corrected chi connectivity index (χ4v) is 2.63. The number of hydrogen-bond donors (Lipinski definition) is 1. The van der Waals surface area contributed by atoms with E-state index >= 15 is 0 Å². The van der Waals surface area contributed by atoms with Crippen molar-refractivity contribution in [2.75, 3.05) is 13.7 Å². The molecule has 1 atom stereocenters. The molecule has 4 heteroatoms. The predicted molar refractivity (Wildman–Crippen MR) is 76.8 cm³/mol. The maximum Gasteiger partial charge on any atom is 0.407 e. The molecule has 2 aliphatic rings. The molecule has 0 saturated carbocycles. The smallest absolute Gasteiger partial charge is 0.407 e. The lowest BCUT2D eigenvalue weighted by Crippen LogP contribution is -2.38. The Bertz CT molecular complexity index is 536. The van der Waals surface area contributed by atoms with Gasteiger partial charge >= 0.3 is 6.09 Å². The summed E-state index contributed by atoms with van der Waals surface area (Å²) in [4.78, 5) is 12.4. The fraction of sp³-hybridized carbons (Fsp3) is 0.375. The van der Waals surface area contributed by atoms with E-state index < -0.39 is 6.09 Å². The third-order valence-electron chi connectivity index (χ3n) is 3.83. The van der Waals surface area contributed by atoms with Crippen LogP contribution in [0.4, 0.5) is 4.79 Å². The van der Waals surface area contributed by atoms with Gasteiger partial charge in [0, 0.05) is 25.1 Å². The average molecular weight is 272 g/mol. The normalized spacial score (nSPS) is 21.7. The zero-order valence-electron chi connectivity index (χ0n) is 11.6. The molecule has 0 bridgehead atoms. The molecule has 1 unspecified atom stereocenters. The van der Waals surface area contributed by atoms with Crippen LogP contribution >= 0.6 is 0 Å². The van der Waals surface area contributed by atoms with Crippen LogP contribution in [0.25, 0.3) is 0 Å². The number of allylic oxidation sites excluding steroid dienone is 2. The summed E-state index contributed by atoms with van der Waals surface area (Å²) in [7, 11) is 1.62. The lowest BCUT2D eigenvalue weighted by Gasteiger charge is -2.34. The van der Waals surface area contributed by atoms with Crippen LogP contribution in [0.1, 0.15) is 19.3 Å². The molecule has 1 N–H and O–H groups in total. The Morgan fingerprint density at radius 3 is 3.10 bits per heavy atom. The topological polar surface area (TPSA) is 49.8 Å². The van der Waals surface area contributed by atoms with Gasteiger partial charge in [-0.15, -0.1) is 6.42 Å². The van der Waals surface area contributed by atoms with Crippen molar-refractivity contribution in [3.05, 3.63) is 41.6 Å². The highest BCUT2D eigenvalue weighted by Crippen LogP contribution is 2.39. The molecule has 105 valence electrons. The van der Waals surface area contributed by atoms with Gasteiger partial charge in [-0.2, -0.15) is 0 Å². The second kappa shape index (κ2) is 5.87. The summed E-state index contributed by atoms with van der Waals surface area (Å²) >= 11 is 0. The molecule has 20 heavy (non-hydrogen) atoms. The molecule has 0 saturated heterocycles. The standard InChI is InChI=1S/C16H18NO3/c1-4-9-20-15-8-5-12-10-13(17(3)16(18)19)6-7-14(12)11(15)2/h1,5,8,13H,2,6-7,9-10H2,3H3,(H,18,19). The Balaban J connectivity index is 2.08. The average Bonchev–Trinajstić information content (AvgIpc) is 2.45. The van der Waals surface area contributed by atoms with E-state index in [1.807, 2.05) is 12.5 Å². The molecule has 0 fully saturated rings. The van der Waals surface area contributed by atoms with Crippen LogP contribution in [0.5, 0.6) is 0 Å². The fourth-order valence-electron chi connectivity index (χ4n) is 2.63. The van der Waals surface area contributed by atoms with Crippen LogP contribution in [0.15, 0.2) is 35.1 Å². The zero-order valence-corrected chi connectivity index (χ0v) is 11.6. The Morgan fingerprint density at radius 2 is 2.45 bits per heavy atom. The Labute approximate surface area is 119 Å². The third kappa shape index (κ3) is 2.72. The second-order valence-corrected chi connectivity index (χ2v) is 4.96. The second-order valence-electron chi connectivity index (χ2n) is 4.96. The Hall–Kier alpha value is -2.15. The van der Waals surface area contributed by atoms with Crippen molar-refractivity contribution in [3.8, 4) is 12.3 Å². The highest BCUT2D eigenvalue weighted by Gasteiger charge is 2.29. The maximum absolute atomic E-state index is 11.0. The highest BCUT2D eigenvalue weighted by molar-refractivity contribution is 5.65. The van der Waals surface area contributed by atoms with E-state index in [0.717, 1.165) is 36.0 Å². The summed E-state index contributed by atoms with van der Waals surface area (Å²) in [5.41, 5.74) is 3.18. The summed E-state index contributed by atoms with van der Waals surface area (Å²) in [6.07, 6.45) is 10.5. The van der Waals surface area contributed by atoms with Gasteiger partial charge < -0.3 is 14.7 Å². The highest BCUT2D eigenvalue weighted by atomic mass is 16.5. The van der Waals surface area contributed by atoms with Crippen LogP contribution in [-0.4, -0.2) is 35.8 Å². The number of terminal acetylenes is 1. The van der Waals surface area contributed by atoms with E-state index in [0.29, 0.717) is 5.76 Å². The molecule has 2 rings (SSSR count). The summed E-state index contributed by atoms with van der Waals surface area (Å²) < 4.78 is 5.46. The first kappa shape index (κ1) is 14.3. The number of carboxylic acid groups (broad SMARTS) is 1. The number of carbonyl (C=O) groups is 1. The number of nitrogens with zero attached hydrogens (tertiary/aromatic N) is 1. The van der Waals surface area contributed by atoms with Gasteiger partial charge in [-0.3, -0.25) is 0 Å². The number of amides is 1. The van der Waals surface area contributed by atoms with E-state index in [-0.39, 0.29) is 12.6 Å². The Kier molecular flexibility index (Phi) is 4.19. The van der Waals surface area contributed by atoms with Crippen molar-refractivity contribution in [2.45, 2.75) is 25.3 Å². The minimum atomic E-state index is -0.887. The van der Waals surface area contributed by atoms with Gasteiger partial charge in [0.25, 0.3) is 0 Å². The summed E-state index contributed by atoms with van der Waals surface area (Å²) in [6, 6.07) is 0.0249. The lowest BCUT2D eigenvalue weighted by atomic mass is 9.80. The largest absolute Gasteiger partial charge is 0.481 e. The quantitative estimate of drug-likeness (QED) is 0.804. The third-order valence-corrected chi connectivity index (χ3v) is 3.83. The predicted octanol–water partition coefficient (Wildman–Crippen LogP) is 2.75. The van der Waals surface area contributed by atoms with Gasteiger partial charge in [-0.25, -0.2) is 4.79 Å². The molecule has 0 spiro atoms. The molecule has 2 aliphatic carbocycles. The van der Waals surface area contributed by atoms with E-state index in [1.165, 1.54) is 4.90 Å². The van der Waals surface area contributed by atoms with Crippen LogP contribution in [0, 0.1) is 18.8 Å². The van der Waals surface area contributed by atoms with Crippen molar-refractivity contribution in [2.24, 2.45) is 0 Å². The summed E-state index contributed by atoms with van der Waals surface area (Å²) in [6.45, 7) is 4.30. The van der Waals surface area contributed by atoms with E-state index in [9.17, 15) is 4.79 Å². The van der Waals surface area contributed by atoms with Crippen molar-refractivity contribution < 1.29 is 14.6 Å². The van der Waals surface area contributed by atoms with Crippen molar-refractivity contribution in [3.63, 3.8) is 0 Å². The van der Waals surface area contributed by atoms with Gasteiger partial charge in [0.05, 0.1) is 0 Å². The molecule has 0 aromatic heterocycles. The van der Waals surface area contributed by atoms with E-state index in [1.54, 1.807) is 7.05 Å². The minimum Gasteiger partial charge on any atom is -0.481 e. The van der Waals surface area contributed by atoms with Gasteiger partial charge in [0.15, 0.2) is 0 Å². The lowest BCUT2D eigenvalue weighted by molar-refractivity contribution is 0.134. The SMILES string of the molecule is C#CCOC1=C[CH]C2=C(CCC(N(C)C(=O)O)C2)C1=C. The first-order valence-corrected chi connectivity index (χ1v) is 6.53. The van der Waals surface area contributed by atoms with Crippen molar-refractivity contribution in [1.29, 1.82) is 0 Å². The molecule has 0 aromatic rings. The molecular weight excluding hydrogens is 254 g/mol. The van der Waals surface area contributed by atoms with Crippen LogP contribution < -0.4 is 0 Å². The van der Waals surface area contributed by atoms with Crippen molar-refractivity contribution in [1.82, 2.24) is 4.90 Å². The zero-order chi connectivity index (χ0) is 14.7. The molecular formula is C16H18NO3. The minimum absolute atomic E-state index is 0.0249. The van der Waals surface area contributed by atoms with Gasteiger partial charge in [0.1, 0.15) is 12.4 Å². The Morgan fingerprint density at radius 1 is 1.70 bits per heavy atom. The number of ether oxygens (including phenoxy) is 1. The maximum atomic E-state index is 11.0. The summed E-state index contributed by atoms with van der Waals surface area (Å²) in [5.74, 6) is 3.15. The molecule has 0 aliphatic heterocycles. The van der Waals surface area contributed by atoms with Crippen LogP contribution in [0.3, 0.4) is 0 Å². The summed E-state index contributed by atoms with van der Waals surface area (Å²) in [5, 5.41) is 9.05. The van der Waals surface area contributed by atoms with Gasteiger partial charge in [-0.05, 0) is 30.9 Å². The molecule has 4 nitrogen and oxygen atoms in total. The number of hydrogen-bond acceptors (Lipinski definition) is 2. The van der Waals surface area contributed by atoms with E-state index in [4.69, 9.17) is 16.3 Å².